The van der Waals surface area contributed by atoms with Crippen LogP contribution >= 0.6 is 0 Å². The van der Waals surface area contributed by atoms with Gasteiger partial charge in [0, 0.05) is 10.8 Å². The highest BCUT2D eigenvalue weighted by molar-refractivity contribution is 6.25. The molecule has 0 aliphatic carbocycles. The van der Waals surface area contributed by atoms with Gasteiger partial charge in [-0.1, -0.05) is 127 Å². The molecule has 0 aliphatic heterocycles. The van der Waals surface area contributed by atoms with E-state index >= 15 is 0 Å². The molecule has 0 radical (unpaired) electrons. The molecule has 43 heavy (non-hydrogen) atoms. The van der Waals surface area contributed by atoms with Crippen molar-refractivity contribution in [1.29, 1.82) is 0 Å². The van der Waals surface area contributed by atoms with Crippen LogP contribution in [0, 0.1) is 0 Å². The molecule has 9 aromatic rings. The highest BCUT2D eigenvalue weighted by atomic mass is 16.3. The van der Waals surface area contributed by atoms with Crippen molar-refractivity contribution in [2.75, 3.05) is 0 Å². The second-order valence-electron chi connectivity index (χ2n) is 9.26. The van der Waals surface area contributed by atoms with Gasteiger partial charge in [-0.15, -0.1) is 0 Å². The average molecular weight is 573 g/mol. The summed E-state index contributed by atoms with van der Waals surface area (Å²) in [5, 5.41) is -3.78. The van der Waals surface area contributed by atoms with Crippen molar-refractivity contribution in [2.45, 2.75) is 0 Å². The smallest absolute Gasteiger partial charge is 0.135 e. The second kappa shape index (κ2) is 9.44. The topological polar surface area (TPSA) is 13.1 Å². The van der Waals surface area contributed by atoms with Crippen molar-refractivity contribution in [1.82, 2.24) is 0 Å². The zero-order valence-corrected chi connectivity index (χ0v) is 21.4. The van der Waals surface area contributed by atoms with Crippen molar-refractivity contribution in [3.8, 4) is 33.4 Å². The van der Waals surface area contributed by atoms with E-state index in [1.807, 2.05) is 0 Å². The third-order valence-corrected chi connectivity index (χ3v) is 6.82. The van der Waals surface area contributed by atoms with E-state index in [9.17, 15) is 8.22 Å². The number of hydrogen-bond acceptors (Lipinski definition) is 1. The van der Waals surface area contributed by atoms with Gasteiger partial charge in [0.25, 0.3) is 0 Å². The maximum Gasteiger partial charge on any atom is 0.135 e. The first-order valence-electron chi connectivity index (χ1n) is 25.7. The van der Waals surface area contributed by atoms with Crippen LogP contribution in [-0.2, 0) is 0 Å². The summed E-state index contributed by atoms with van der Waals surface area (Å²) in [5.41, 5.74) is -5.75. The Kier molecular flexibility index (Phi) is 2.13. The molecule has 0 aliphatic rings. The van der Waals surface area contributed by atoms with E-state index in [2.05, 4.69) is 0 Å². The molecule has 200 valence electrons. The quantitative estimate of drug-likeness (QED) is 0.192. The highest BCUT2D eigenvalue weighted by Gasteiger charge is 2.11. The van der Waals surface area contributed by atoms with Gasteiger partial charge in [-0.3, -0.25) is 0 Å². The standard InChI is InChI=1S/C42H26O/c1-2-12-35-33(10-1)34-11-3-4-13-36(34)39-25-32(20-22-37(35)39)30-9-7-8-29(24-30)27-16-18-28(19-17-27)31-21-23-42-40(26-31)38-14-5-6-15-41(38)43-42/h1-26H/i1D,2D,3D,4D,5D,6D,7D,8D,9D,10D,11D,12D,13D,14D,15D,16D,17D,18D,19D,20D,21D,22D,23D,24D,25D,26D. The number of benzene rings is 8. The van der Waals surface area contributed by atoms with Crippen molar-refractivity contribution < 1.29 is 40.1 Å². The summed E-state index contributed by atoms with van der Waals surface area (Å²) in [6.45, 7) is 0. The van der Waals surface area contributed by atoms with Crippen molar-refractivity contribution in [3.05, 3.63) is 157 Å². The van der Waals surface area contributed by atoms with E-state index in [1.54, 1.807) is 0 Å². The lowest BCUT2D eigenvalue weighted by molar-refractivity contribution is 0.669. The molecule has 0 amide bonds. The van der Waals surface area contributed by atoms with Crippen LogP contribution in [0.25, 0.3) is 87.6 Å². The third-order valence-electron chi connectivity index (χ3n) is 6.82. The Labute approximate surface area is 285 Å². The minimum absolute atomic E-state index is 0.357. The van der Waals surface area contributed by atoms with Crippen LogP contribution in [0.1, 0.15) is 35.6 Å². The van der Waals surface area contributed by atoms with Gasteiger partial charge >= 0.3 is 0 Å². The molecule has 0 N–H and O–H groups in total. The summed E-state index contributed by atoms with van der Waals surface area (Å²) in [6.07, 6.45) is 0. The molecule has 0 fully saturated rings. The molecule has 0 unspecified atom stereocenters. The van der Waals surface area contributed by atoms with Gasteiger partial charge in [-0.25, -0.2) is 0 Å². The first-order valence-corrected chi connectivity index (χ1v) is 12.7. The van der Waals surface area contributed by atoms with Crippen LogP contribution in [0.15, 0.2) is 162 Å². The van der Waals surface area contributed by atoms with Crippen LogP contribution < -0.4 is 0 Å². The van der Waals surface area contributed by atoms with E-state index in [4.69, 9.17) is 31.8 Å². The summed E-state index contributed by atoms with van der Waals surface area (Å²) in [7, 11) is 0. The van der Waals surface area contributed by atoms with E-state index < -0.39 is 239 Å². The molecule has 1 heterocycles. The Morgan fingerprint density at radius 2 is 0.698 bits per heavy atom. The van der Waals surface area contributed by atoms with Gasteiger partial charge in [0.2, 0.25) is 0 Å². The molecule has 1 heteroatoms. The Hall–Kier alpha value is -5.66. The maximum absolute atomic E-state index is 9.60. The average Bonchev–Trinajstić information content (AvgIpc) is 3.73. The normalized spacial score (nSPS) is 20.2. The number of furan rings is 1. The predicted molar refractivity (Wildman–Crippen MR) is 183 cm³/mol. The lowest BCUT2D eigenvalue weighted by Crippen LogP contribution is -1.86. The SMILES string of the molecule is [2H]c1c([2H])c(-c2c([2H])c([2H])c(-c3c([2H])c([2H])c4oc5c([2H])c([2H])c([2H])c([2H])c5c4c3[2H])c([2H])c2[2H])c([2H])c(-c2c([2H])c([2H])c3c4c([2H])c([2H])c([2H])c([2H])c4c4c([2H])c([2H])c([2H])c([2H])c4c3c2[2H])c1[2H]. The Bertz CT molecular complexity index is 3890. The summed E-state index contributed by atoms with van der Waals surface area (Å²) >= 11 is 0. The minimum atomic E-state index is -1.04. The van der Waals surface area contributed by atoms with Crippen molar-refractivity contribution in [3.63, 3.8) is 0 Å². The van der Waals surface area contributed by atoms with Gasteiger partial charge in [-0.05, 0) is 95.9 Å². The molecule has 0 spiro atoms. The fourth-order valence-corrected chi connectivity index (χ4v) is 4.87. The largest absolute Gasteiger partial charge is 0.456 e. The maximum atomic E-state index is 9.60. The number of rotatable bonds is 3. The summed E-state index contributed by atoms with van der Waals surface area (Å²) < 4.78 is 236. The highest BCUT2D eigenvalue weighted by Crippen LogP contribution is 2.38. The molecular formula is C42H26O. The predicted octanol–water partition coefficient (Wildman–Crippen LogP) is 12.0. The zero-order valence-electron chi connectivity index (χ0n) is 47.4. The fraction of sp³-hybridized carbons (Fsp3) is 0. The van der Waals surface area contributed by atoms with Crippen molar-refractivity contribution in [2.24, 2.45) is 0 Å². The molecule has 1 aromatic heterocycles. The molecular weight excluding hydrogens is 520 g/mol. The van der Waals surface area contributed by atoms with Crippen LogP contribution in [0.2, 0.25) is 0 Å². The van der Waals surface area contributed by atoms with Gasteiger partial charge in [0.15, 0.2) is 0 Å². The third kappa shape index (κ3) is 3.86. The Morgan fingerprint density at radius 1 is 0.279 bits per heavy atom. The summed E-state index contributed by atoms with van der Waals surface area (Å²) in [5.74, 6) is 0. The lowest BCUT2D eigenvalue weighted by Gasteiger charge is -2.12. The van der Waals surface area contributed by atoms with Crippen LogP contribution in [0.5, 0.6) is 0 Å². The number of para-hydroxylation sites is 1. The Balaban J connectivity index is 1.40. The molecule has 0 saturated carbocycles. The lowest BCUT2D eigenvalue weighted by atomic mass is 9.91. The van der Waals surface area contributed by atoms with E-state index in [0.717, 1.165) is 0 Å². The van der Waals surface area contributed by atoms with Crippen LogP contribution in [-0.4, -0.2) is 0 Å². The first kappa shape index (κ1) is 9.69. The monoisotopic (exact) mass is 572 g/mol. The Morgan fingerprint density at radius 3 is 1.37 bits per heavy atom. The van der Waals surface area contributed by atoms with Gasteiger partial charge in [-0.2, -0.15) is 0 Å². The molecule has 0 bridgehead atoms. The number of fused-ring (bicyclic) bond motifs is 9. The van der Waals surface area contributed by atoms with Gasteiger partial charge in [0.1, 0.15) is 11.2 Å². The molecule has 0 saturated heterocycles. The second-order valence-corrected chi connectivity index (χ2v) is 9.26. The first-order chi connectivity index (χ1) is 32.2. The molecule has 9 rings (SSSR count). The van der Waals surface area contributed by atoms with E-state index in [0.29, 0.717) is 0 Å². The van der Waals surface area contributed by atoms with Gasteiger partial charge in [0.05, 0.1) is 35.6 Å². The zero-order chi connectivity index (χ0) is 51.0. The minimum Gasteiger partial charge on any atom is -0.456 e. The van der Waals surface area contributed by atoms with E-state index in [1.165, 1.54) is 0 Å². The van der Waals surface area contributed by atoms with Crippen LogP contribution in [0.3, 0.4) is 0 Å². The molecule has 8 aromatic carbocycles. The van der Waals surface area contributed by atoms with Crippen molar-refractivity contribution >= 4 is 54.3 Å². The summed E-state index contributed by atoms with van der Waals surface area (Å²) in [4.78, 5) is 0. The van der Waals surface area contributed by atoms with Gasteiger partial charge < -0.3 is 4.42 Å². The van der Waals surface area contributed by atoms with Crippen LogP contribution in [0.4, 0.5) is 0 Å². The number of hydrogen-bond donors (Lipinski definition) is 0. The van der Waals surface area contributed by atoms with E-state index in [-0.39, 0.29) is 5.39 Å². The summed E-state index contributed by atoms with van der Waals surface area (Å²) in [6, 6.07) is -22.6. The molecule has 1 nitrogen and oxygen atoms in total. The molecule has 0 atom stereocenters. The fourth-order valence-electron chi connectivity index (χ4n) is 4.87.